The molecule has 0 radical (unpaired) electrons. The van der Waals surface area contributed by atoms with E-state index in [1.807, 2.05) is 23.7 Å². The van der Waals surface area contributed by atoms with Crippen molar-refractivity contribution >= 4 is 17.4 Å². The first-order chi connectivity index (χ1) is 14.7. The van der Waals surface area contributed by atoms with Crippen molar-refractivity contribution in [1.82, 2.24) is 24.3 Å². The number of rotatable bonds is 4. The maximum Gasteiger partial charge on any atom is 0.405 e. The molecule has 0 aliphatic heterocycles. The van der Waals surface area contributed by atoms with Gasteiger partial charge in [-0.2, -0.15) is 13.2 Å². The van der Waals surface area contributed by atoms with Crippen molar-refractivity contribution < 1.29 is 22.4 Å². The zero-order valence-electron chi connectivity index (χ0n) is 16.1. The van der Waals surface area contributed by atoms with E-state index >= 15 is 0 Å². The maximum absolute atomic E-state index is 14.5. The van der Waals surface area contributed by atoms with Crippen LogP contribution < -0.4 is 10.6 Å². The summed E-state index contributed by atoms with van der Waals surface area (Å²) in [5.41, 5.74) is 3.01. The van der Waals surface area contributed by atoms with Crippen LogP contribution in [0.15, 0.2) is 55.2 Å². The third kappa shape index (κ3) is 4.34. The number of aryl methyl sites for hydroxylation is 1. The number of aromatic nitrogens is 4. The van der Waals surface area contributed by atoms with E-state index < -0.39 is 24.6 Å². The zero-order valence-corrected chi connectivity index (χ0v) is 16.1. The van der Waals surface area contributed by atoms with Gasteiger partial charge in [0, 0.05) is 30.1 Å². The van der Waals surface area contributed by atoms with Crippen molar-refractivity contribution in [2.75, 3.05) is 11.9 Å². The van der Waals surface area contributed by atoms with E-state index in [4.69, 9.17) is 0 Å². The molecule has 0 saturated heterocycles. The molecule has 2 N–H and O–H groups in total. The van der Waals surface area contributed by atoms with Gasteiger partial charge in [0.1, 0.15) is 18.0 Å². The number of nitrogens with zero attached hydrogens (tertiary/aromatic N) is 4. The molecule has 0 unspecified atom stereocenters. The van der Waals surface area contributed by atoms with Crippen LogP contribution in [-0.4, -0.2) is 37.7 Å². The summed E-state index contributed by atoms with van der Waals surface area (Å²) >= 11 is 0. The van der Waals surface area contributed by atoms with Crippen molar-refractivity contribution in [1.29, 1.82) is 0 Å². The summed E-state index contributed by atoms with van der Waals surface area (Å²) in [5.74, 6) is -0.571. The number of carbonyl (C=O) groups excluding carboxylic acids is 1. The minimum absolute atomic E-state index is 0.134. The largest absolute Gasteiger partial charge is 0.405 e. The topological polar surface area (TPSA) is 76.2 Å². The highest BCUT2D eigenvalue weighted by atomic mass is 19.4. The number of carbonyl (C=O) groups is 1. The molecule has 0 atom stereocenters. The lowest BCUT2D eigenvalue weighted by Gasteiger charge is -2.11. The number of urea groups is 1. The molecule has 4 rings (SSSR count). The fraction of sp³-hybridized carbons (Fsp3) is 0.150. The second kappa shape index (κ2) is 7.74. The third-order valence-corrected chi connectivity index (χ3v) is 4.58. The van der Waals surface area contributed by atoms with Gasteiger partial charge >= 0.3 is 12.2 Å². The lowest BCUT2D eigenvalue weighted by Crippen LogP contribution is -2.36. The first kappa shape index (κ1) is 20.4. The highest BCUT2D eigenvalue weighted by Crippen LogP contribution is 2.28. The van der Waals surface area contributed by atoms with Gasteiger partial charge < -0.3 is 15.2 Å². The van der Waals surface area contributed by atoms with E-state index in [-0.39, 0.29) is 11.3 Å². The Morgan fingerprint density at radius 3 is 2.65 bits per heavy atom. The van der Waals surface area contributed by atoms with Crippen LogP contribution in [0.1, 0.15) is 0 Å². The molecule has 1 aromatic carbocycles. The molecule has 11 heteroatoms. The SMILES string of the molecule is Cn1cncc1-c1ccn2c(-c3cc(NC(=O)NCC(F)(F)F)ccc3F)cnc2c1. The average Bonchev–Trinajstić information content (AvgIpc) is 3.33. The number of pyridine rings is 1. The molecular formula is C20H16F4N6O. The van der Waals surface area contributed by atoms with Crippen molar-refractivity contribution in [2.24, 2.45) is 7.05 Å². The summed E-state index contributed by atoms with van der Waals surface area (Å²) in [4.78, 5) is 20.1. The minimum atomic E-state index is -4.53. The Bertz CT molecular complexity index is 1260. The van der Waals surface area contributed by atoms with E-state index in [2.05, 4.69) is 15.3 Å². The van der Waals surface area contributed by atoms with Crippen LogP contribution in [0, 0.1) is 5.82 Å². The molecule has 7 nitrogen and oxygen atoms in total. The molecular weight excluding hydrogens is 416 g/mol. The van der Waals surface area contributed by atoms with Gasteiger partial charge in [0.2, 0.25) is 0 Å². The number of benzene rings is 1. The first-order valence-electron chi connectivity index (χ1n) is 9.06. The third-order valence-electron chi connectivity index (χ3n) is 4.58. The van der Waals surface area contributed by atoms with E-state index in [9.17, 15) is 22.4 Å². The molecule has 0 fully saturated rings. The zero-order chi connectivity index (χ0) is 22.2. The summed E-state index contributed by atoms with van der Waals surface area (Å²) in [7, 11) is 1.86. The number of hydrogen-bond acceptors (Lipinski definition) is 3. The van der Waals surface area contributed by atoms with Crippen LogP contribution in [0.4, 0.5) is 28.0 Å². The molecule has 2 amide bonds. The van der Waals surface area contributed by atoms with Gasteiger partial charge in [-0.1, -0.05) is 0 Å². The van der Waals surface area contributed by atoms with Crippen molar-refractivity contribution in [2.45, 2.75) is 6.18 Å². The van der Waals surface area contributed by atoms with E-state index in [0.717, 1.165) is 17.3 Å². The Morgan fingerprint density at radius 2 is 1.94 bits per heavy atom. The van der Waals surface area contributed by atoms with Gasteiger partial charge in [0.25, 0.3) is 0 Å². The number of alkyl halides is 3. The highest BCUT2D eigenvalue weighted by molar-refractivity contribution is 5.90. The molecule has 0 aliphatic carbocycles. The smallest absolute Gasteiger partial charge is 0.334 e. The van der Waals surface area contributed by atoms with Gasteiger partial charge in [-0.3, -0.25) is 4.40 Å². The molecule has 0 aliphatic rings. The maximum atomic E-state index is 14.5. The van der Waals surface area contributed by atoms with Crippen molar-refractivity contribution in [3.63, 3.8) is 0 Å². The van der Waals surface area contributed by atoms with Gasteiger partial charge in [-0.05, 0) is 30.3 Å². The number of imidazole rings is 2. The number of halogens is 4. The highest BCUT2D eigenvalue weighted by Gasteiger charge is 2.27. The van der Waals surface area contributed by atoms with Gasteiger partial charge in [0.05, 0.1) is 30.1 Å². The van der Waals surface area contributed by atoms with E-state index in [1.165, 1.54) is 18.3 Å². The van der Waals surface area contributed by atoms with E-state index in [0.29, 0.717) is 11.3 Å². The first-order valence-corrected chi connectivity index (χ1v) is 9.06. The Kier molecular flexibility index (Phi) is 5.09. The van der Waals surface area contributed by atoms with Crippen LogP contribution in [0.2, 0.25) is 0 Å². The van der Waals surface area contributed by atoms with Crippen molar-refractivity contribution in [3.8, 4) is 22.5 Å². The number of anilines is 1. The number of amides is 2. The second-order valence-electron chi connectivity index (χ2n) is 6.79. The summed E-state index contributed by atoms with van der Waals surface area (Å²) in [6.45, 7) is -1.47. The summed E-state index contributed by atoms with van der Waals surface area (Å²) in [6, 6.07) is 6.33. The fourth-order valence-electron chi connectivity index (χ4n) is 3.13. The van der Waals surface area contributed by atoms with Crippen LogP contribution in [0.5, 0.6) is 0 Å². The Hall–Kier alpha value is -3.89. The standard InChI is InChI=1S/C20H16F4N6O/c1-29-11-25-8-16(29)12-4-5-30-17(9-26-18(30)6-12)14-7-13(2-3-15(14)21)28-19(31)27-10-20(22,23)24/h2-9,11H,10H2,1H3,(H2,27,28,31). The van der Waals surface area contributed by atoms with E-state index in [1.54, 1.807) is 28.4 Å². The molecule has 0 saturated carbocycles. The second-order valence-corrected chi connectivity index (χ2v) is 6.79. The molecule has 3 heterocycles. The molecule has 0 spiro atoms. The van der Waals surface area contributed by atoms with Crippen LogP contribution in [0.3, 0.4) is 0 Å². The molecule has 160 valence electrons. The number of fused-ring (bicyclic) bond motifs is 1. The Labute approximate surface area is 173 Å². The monoisotopic (exact) mass is 432 g/mol. The van der Waals surface area contributed by atoms with Gasteiger partial charge in [-0.15, -0.1) is 0 Å². The lowest BCUT2D eigenvalue weighted by molar-refractivity contribution is -0.122. The molecule has 4 aromatic rings. The Balaban J connectivity index is 1.62. The Morgan fingerprint density at radius 1 is 1.13 bits per heavy atom. The average molecular weight is 432 g/mol. The predicted molar refractivity (Wildman–Crippen MR) is 106 cm³/mol. The summed E-state index contributed by atoms with van der Waals surface area (Å²) in [5, 5.41) is 3.97. The van der Waals surface area contributed by atoms with Crippen LogP contribution >= 0.6 is 0 Å². The summed E-state index contributed by atoms with van der Waals surface area (Å²) in [6.07, 6.45) is 2.07. The van der Waals surface area contributed by atoms with Crippen LogP contribution in [0.25, 0.3) is 28.2 Å². The fourth-order valence-corrected chi connectivity index (χ4v) is 3.13. The normalized spacial score (nSPS) is 11.6. The lowest BCUT2D eigenvalue weighted by atomic mass is 10.1. The quantitative estimate of drug-likeness (QED) is 0.474. The van der Waals surface area contributed by atoms with Gasteiger partial charge in [0.15, 0.2) is 0 Å². The van der Waals surface area contributed by atoms with Crippen LogP contribution in [-0.2, 0) is 7.05 Å². The minimum Gasteiger partial charge on any atom is -0.334 e. The molecule has 31 heavy (non-hydrogen) atoms. The molecule has 3 aromatic heterocycles. The number of nitrogens with one attached hydrogen (secondary N) is 2. The molecule has 0 bridgehead atoms. The van der Waals surface area contributed by atoms with Crippen molar-refractivity contribution in [3.05, 3.63) is 61.1 Å². The predicted octanol–water partition coefficient (Wildman–Crippen LogP) is 4.22. The summed E-state index contributed by atoms with van der Waals surface area (Å²) < 4.78 is 54.8. The van der Waals surface area contributed by atoms with Gasteiger partial charge in [-0.25, -0.2) is 19.2 Å². The number of hydrogen-bond donors (Lipinski definition) is 2.